The summed E-state index contributed by atoms with van der Waals surface area (Å²) in [5.74, 6) is 1.36. The van der Waals surface area contributed by atoms with Gasteiger partial charge in [0.15, 0.2) is 11.5 Å². The average Bonchev–Trinajstić information content (AvgIpc) is 3.46. The Morgan fingerprint density at radius 3 is 2.62 bits per heavy atom. The minimum atomic E-state index is -0.222. The molecule has 0 saturated heterocycles. The summed E-state index contributed by atoms with van der Waals surface area (Å²) in [7, 11) is 0. The van der Waals surface area contributed by atoms with Gasteiger partial charge in [-0.25, -0.2) is 4.68 Å². The van der Waals surface area contributed by atoms with Crippen LogP contribution in [0, 0.1) is 0 Å². The molecule has 6 nitrogen and oxygen atoms in total. The van der Waals surface area contributed by atoms with E-state index in [9.17, 15) is 4.79 Å². The third kappa shape index (κ3) is 3.54. The molecule has 5 rings (SSSR count). The second-order valence-corrected chi connectivity index (χ2v) is 7.88. The van der Waals surface area contributed by atoms with Crippen molar-refractivity contribution in [3.63, 3.8) is 0 Å². The van der Waals surface area contributed by atoms with Crippen molar-refractivity contribution < 1.29 is 14.3 Å². The zero-order valence-corrected chi connectivity index (χ0v) is 16.8. The van der Waals surface area contributed by atoms with Gasteiger partial charge in [0.1, 0.15) is 13.2 Å². The molecule has 0 unspecified atom stereocenters. The summed E-state index contributed by atoms with van der Waals surface area (Å²) in [5, 5.41) is 8.43. The van der Waals surface area contributed by atoms with Gasteiger partial charge in [-0.15, -0.1) is 0 Å². The van der Waals surface area contributed by atoms with E-state index in [-0.39, 0.29) is 11.8 Å². The Hall–Kier alpha value is -2.70. The number of nitrogens with one attached hydrogen (secondary N) is 1. The molecule has 29 heavy (non-hydrogen) atoms. The van der Waals surface area contributed by atoms with E-state index in [1.54, 1.807) is 41.2 Å². The first-order valence-electron chi connectivity index (χ1n) is 9.34. The Kier molecular flexibility index (Phi) is 4.60. The molecule has 2 heterocycles. The summed E-state index contributed by atoms with van der Waals surface area (Å²) in [5.41, 5.74) is 2.74. The van der Waals surface area contributed by atoms with Crippen molar-refractivity contribution in [3.8, 4) is 17.2 Å². The van der Waals surface area contributed by atoms with Crippen LogP contribution in [0.1, 0.15) is 34.8 Å². The van der Waals surface area contributed by atoms with Crippen molar-refractivity contribution in [2.75, 3.05) is 18.5 Å². The number of fused-ring (bicyclic) bond motifs is 1. The molecule has 0 radical (unpaired) electrons. The first kappa shape index (κ1) is 18.3. The number of anilines is 1. The van der Waals surface area contributed by atoms with Crippen LogP contribution in [0.25, 0.3) is 5.69 Å². The van der Waals surface area contributed by atoms with Crippen molar-refractivity contribution in [2.45, 2.75) is 18.8 Å². The monoisotopic (exact) mass is 429 g/mol. The largest absolute Gasteiger partial charge is 0.486 e. The van der Waals surface area contributed by atoms with Crippen LogP contribution in [-0.2, 0) is 0 Å². The van der Waals surface area contributed by atoms with Crippen LogP contribution in [-0.4, -0.2) is 28.9 Å². The van der Waals surface area contributed by atoms with E-state index in [2.05, 4.69) is 10.4 Å². The highest BCUT2D eigenvalue weighted by molar-refractivity contribution is 6.35. The van der Waals surface area contributed by atoms with E-state index in [0.29, 0.717) is 51.7 Å². The second kappa shape index (κ2) is 7.28. The molecular weight excluding hydrogens is 413 g/mol. The van der Waals surface area contributed by atoms with Gasteiger partial charge < -0.3 is 14.8 Å². The average molecular weight is 430 g/mol. The molecule has 1 aliphatic heterocycles. The normalized spacial score (nSPS) is 15.2. The third-order valence-corrected chi connectivity index (χ3v) is 5.49. The van der Waals surface area contributed by atoms with Crippen molar-refractivity contribution in [3.05, 3.63) is 63.9 Å². The van der Waals surface area contributed by atoms with Crippen molar-refractivity contribution >= 4 is 34.8 Å². The van der Waals surface area contributed by atoms with Gasteiger partial charge in [-0.3, -0.25) is 4.79 Å². The number of hydrogen-bond donors (Lipinski definition) is 1. The van der Waals surface area contributed by atoms with E-state index in [1.165, 1.54) is 0 Å². The number of hydrogen-bond acceptors (Lipinski definition) is 4. The van der Waals surface area contributed by atoms with Crippen LogP contribution in [0.3, 0.4) is 0 Å². The molecule has 3 aromatic rings. The van der Waals surface area contributed by atoms with Crippen LogP contribution in [0.15, 0.2) is 42.6 Å². The van der Waals surface area contributed by atoms with Gasteiger partial charge in [0, 0.05) is 22.7 Å². The summed E-state index contributed by atoms with van der Waals surface area (Å²) in [4.78, 5) is 13.0. The lowest BCUT2D eigenvalue weighted by atomic mass is 10.1. The molecular formula is C21H17Cl2N3O3. The Balaban J connectivity index is 1.47. The van der Waals surface area contributed by atoms with Crippen LogP contribution in [0.2, 0.25) is 10.0 Å². The first-order valence-corrected chi connectivity index (χ1v) is 10.1. The van der Waals surface area contributed by atoms with E-state index in [4.69, 9.17) is 32.7 Å². The number of rotatable bonds is 4. The molecule has 1 saturated carbocycles. The Labute approximate surface area is 177 Å². The molecule has 2 aliphatic rings. The van der Waals surface area contributed by atoms with Gasteiger partial charge in [-0.05, 0) is 43.2 Å². The zero-order valence-electron chi connectivity index (χ0n) is 15.3. The van der Waals surface area contributed by atoms with Gasteiger partial charge in [-0.2, -0.15) is 5.10 Å². The third-order valence-electron chi connectivity index (χ3n) is 4.95. The summed E-state index contributed by atoms with van der Waals surface area (Å²) in [6, 6.07) is 10.6. The SMILES string of the molecule is O=C(Nc1ccc2c(c1)OCCO2)c1cnn(-c2ccc(Cl)cc2Cl)c1C1CC1. The number of amides is 1. The molecule has 8 heteroatoms. The van der Waals surface area contributed by atoms with Gasteiger partial charge in [0.05, 0.1) is 28.2 Å². The van der Waals surface area contributed by atoms with Crippen molar-refractivity contribution in [1.29, 1.82) is 0 Å². The highest BCUT2D eigenvalue weighted by Gasteiger charge is 2.33. The van der Waals surface area contributed by atoms with Gasteiger partial charge in [0.2, 0.25) is 0 Å². The maximum absolute atomic E-state index is 13.0. The summed E-state index contributed by atoms with van der Waals surface area (Å²) < 4.78 is 12.9. The molecule has 1 aromatic heterocycles. The molecule has 148 valence electrons. The summed E-state index contributed by atoms with van der Waals surface area (Å²) in [6.07, 6.45) is 3.62. The Bertz CT molecular complexity index is 1110. The van der Waals surface area contributed by atoms with Crippen molar-refractivity contribution in [1.82, 2.24) is 9.78 Å². The van der Waals surface area contributed by atoms with Crippen LogP contribution >= 0.6 is 23.2 Å². The fraction of sp³-hybridized carbons (Fsp3) is 0.238. The number of aromatic nitrogens is 2. The fourth-order valence-electron chi connectivity index (χ4n) is 3.45. The van der Waals surface area contributed by atoms with Crippen LogP contribution < -0.4 is 14.8 Å². The number of halogens is 2. The molecule has 0 spiro atoms. The Morgan fingerprint density at radius 2 is 1.86 bits per heavy atom. The molecule has 0 atom stereocenters. The van der Waals surface area contributed by atoms with E-state index in [1.807, 2.05) is 6.07 Å². The van der Waals surface area contributed by atoms with Gasteiger partial charge >= 0.3 is 0 Å². The smallest absolute Gasteiger partial charge is 0.259 e. The topological polar surface area (TPSA) is 65.4 Å². The minimum absolute atomic E-state index is 0.222. The van der Waals surface area contributed by atoms with E-state index >= 15 is 0 Å². The number of nitrogens with zero attached hydrogens (tertiary/aromatic N) is 2. The number of carbonyl (C=O) groups excluding carboxylic acids is 1. The highest BCUT2D eigenvalue weighted by Crippen LogP contribution is 2.43. The lowest BCUT2D eigenvalue weighted by Crippen LogP contribution is -2.17. The zero-order chi connectivity index (χ0) is 20.0. The lowest BCUT2D eigenvalue weighted by Gasteiger charge is -2.19. The first-order chi connectivity index (χ1) is 14.1. The minimum Gasteiger partial charge on any atom is -0.486 e. The molecule has 2 aromatic carbocycles. The number of carbonyl (C=O) groups is 1. The number of ether oxygens (including phenoxy) is 2. The van der Waals surface area contributed by atoms with Crippen molar-refractivity contribution in [2.24, 2.45) is 0 Å². The second-order valence-electron chi connectivity index (χ2n) is 7.04. The molecule has 1 N–H and O–H groups in total. The predicted molar refractivity (Wildman–Crippen MR) is 111 cm³/mol. The van der Waals surface area contributed by atoms with E-state index < -0.39 is 0 Å². The van der Waals surface area contributed by atoms with Crippen LogP contribution in [0.5, 0.6) is 11.5 Å². The lowest BCUT2D eigenvalue weighted by molar-refractivity contribution is 0.102. The molecule has 1 amide bonds. The fourth-order valence-corrected chi connectivity index (χ4v) is 3.94. The van der Waals surface area contributed by atoms with Crippen LogP contribution in [0.4, 0.5) is 5.69 Å². The number of benzene rings is 2. The Morgan fingerprint density at radius 1 is 1.07 bits per heavy atom. The molecule has 1 fully saturated rings. The standard InChI is InChI=1S/C21H17Cl2N3O3/c22-13-3-5-17(16(23)9-13)26-20(12-1-2-12)15(11-24-26)21(27)25-14-4-6-18-19(10-14)29-8-7-28-18/h3-6,9-12H,1-2,7-8H2,(H,25,27). The maximum Gasteiger partial charge on any atom is 0.259 e. The highest BCUT2D eigenvalue weighted by atomic mass is 35.5. The predicted octanol–water partition coefficient (Wildman–Crippen LogP) is 5.08. The summed E-state index contributed by atoms with van der Waals surface area (Å²) in [6.45, 7) is 1.01. The summed E-state index contributed by atoms with van der Waals surface area (Å²) >= 11 is 12.4. The molecule has 1 aliphatic carbocycles. The molecule has 0 bridgehead atoms. The van der Waals surface area contributed by atoms with E-state index in [0.717, 1.165) is 18.5 Å². The van der Waals surface area contributed by atoms with Gasteiger partial charge in [0.25, 0.3) is 5.91 Å². The van der Waals surface area contributed by atoms with Gasteiger partial charge in [-0.1, -0.05) is 23.2 Å². The quantitative estimate of drug-likeness (QED) is 0.627. The maximum atomic E-state index is 13.0.